The predicted molar refractivity (Wildman–Crippen MR) is 144 cm³/mol. The zero-order valence-corrected chi connectivity index (χ0v) is 23.7. The van der Waals surface area contributed by atoms with Crippen LogP contribution in [0, 0.1) is 39.4 Å². The minimum atomic E-state index is -0.137. The molecule has 1 saturated heterocycles. The van der Waals surface area contributed by atoms with Crippen LogP contribution in [0.4, 0.5) is 0 Å². The highest BCUT2D eigenvalue weighted by Gasteiger charge is 2.63. The van der Waals surface area contributed by atoms with Crippen molar-refractivity contribution < 1.29 is 9.84 Å². The summed E-state index contributed by atoms with van der Waals surface area (Å²) in [6, 6.07) is 0. The van der Waals surface area contributed by atoms with Crippen molar-refractivity contribution in [3.63, 3.8) is 0 Å². The number of fused-ring (bicyclic) bond motifs is 4. The number of hydrazine groups is 1. The van der Waals surface area contributed by atoms with Crippen LogP contribution in [0.25, 0.3) is 0 Å². The van der Waals surface area contributed by atoms with Crippen LogP contribution in [0.3, 0.4) is 0 Å². The first-order valence-corrected chi connectivity index (χ1v) is 15.0. The summed E-state index contributed by atoms with van der Waals surface area (Å²) in [5.74, 6) is 2.27. The monoisotopic (exact) mass is 486 g/mol. The summed E-state index contributed by atoms with van der Waals surface area (Å²) >= 11 is 0. The Morgan fingerprint density at radius 3 is 2.46 bits per heavy atom. The van der Waals surface area contributed by atoms with Crippen molar-refractivity contribution >= 4 is 0 Å². The Balaban J connectivity index is 1.29. The second-order valence-electron chi connectivity index (χ2n) is 14.4. The fourth-order valence-corrected chi connectivity index (χ4v) is 10.2. The molecule has 4 heteroatoms. The third-order valence-corrected chi connectivity index (χ3v) is 12.7. The Morgan fingerprint density at radius 2 is 1.71 bits per heavy atom. The maximum Gasteiger partial charge on any atom is 0.0608 e. The number of nitrogens with zero attached hydrogens (tertiary/aromatic N) is 1. The Labute approximate surface area is 215 Å². The Morgan fingerprint density at radius 1 is 0.971 bits per heavy atom. The van der Waals surface area contributed by atoms with Gasteiger partial charge in [-0.15, -0.1) is 0 Å². The number of ether oxygens (including phenoxy) is 1. The molecule has 1 aliphatic heterocycles. The zero-order valence-electron chi connectivity index (χ0n) is 23.7. The van der Waals surface area contributed by atoms with E-state index in [9.17, 15) is 5.11 Å². The molecule has 0 bridgehead atoms. The van der Waals surface area contributed by atoms with Crippen molar-refractivity contribution in [1.29, 1.82) is 0 Å². The first-order chi connectivity index (χ1) is 16.5. The van der Waals surface area contributed by atoms with E-state index in [1.807, 2.05) is 11.1 Å². The van der Waals surface area contributed by atoms with Crippen LogP contribution in [0.1, 0.15) is 106 Å². The summed E-state index contributed by atoms with van der Waals surface area (Å²) in [6.45, 7) is 20.0. The van der Waals surface area contributed by atoms with Gasteiger partial charge < -0.3 is 9.84 Å². The van der Waals surface area contributed by atoms with Gasteiger partial charge in [-0.2, -0.15) is 0 Å². The number of morpholine rings is 1. The molecule has 2 saturated carbocycles. The molecule has 0 spiro atoms. The van der Waals surface area contributed by atoms with Crippen molar-refractivity contribution in [1.82, 2.24) is 10.4 Å². The van der Waals surface area contributed by atoms with Gasteiger partial charge in [0.1, 0.15) is 0 Å². The molecule has 1 heterocycles. The average Bonchev–Trinajstić information content (AvgIpc) is 3.11. The number of hydrogen-bond donors (Lipinski definition) is 2. The van der Waals surface area contributed by atoms with Gasteiger partial charge in [0.25, 0.3) is 0 Å². The summed E-state index contributed by atoms with van der Waals surface area (Å²) in [5, 5.41) is 13.2. The summed E-state index contributed by atoms with van der Waals surface area (Å²) < 4.78 is 5.47. The number of hydrogen-bond acceptors (Lipinski definition) is 4. The normalized spacial score (nSPS) is 44.5. The average molecular weight is 487 g/mol. The lowest BCUT2D eigenvalue weighted by Gasteiger charge is -2.62. The van der Waals surface area contributed by atoms with E-state index in [2.05, 4.69) is 52.0 Å². The molecular formula is C31H54N2O2. The van der Waals surface area contributed by atoms with E-state index in [4.69, 9.17) is 4.74 Å². The molecule has 4 nitrogen and oxygen atoms in total. The van der Waals surface area contributed by atoms with Gasteiger partial charge in [0.15, 0.2) is 0 Å². The van der Waals surface area contributed by atoms with E-state index in [-0.39, 0.29) is 11.5 Å². The highest BCUT2D eigenvalue weighted by molar-refractivity contribution is 5.38. The molecule has 4 aliphatic carbocycles. The number of aliphatic hydroxyl groups is 1. The van der Waals surface area contributed by atoms with Crippen molar-refractivity contribution in [3.8, 4) is 0 Å². The van der Waals surface area contributed by atoms with Crippen LogP contribution in [-0.4, -0.2) is 49.1 Å². The lowest BCUT2D eigenvalue weighted by molar-refractivity contribution is -0.0962. The van der Waals surface area contributed by atoms with E-state index in [1.165, 1.54) is 57.8 Å². The molecule has 0 aromatic rings. The highest BCUT2D eigenvalue weighted by Crippen LogP contribution is 2.72. The standard InChI is InChI=1S/C31H54N2O2/c1-22(8-7-17-32-33-18-20-35-21-19-33)23-11-15-31(6)25-9-10-26-28(2,3)27(34)13-14-29(26,4)24(25)12-16-30(23,31)5/h22-23,26-27,32,34H,7-21H2,1-6H3/t22-,23-,26+,27+,29-,30-,31+/m1/s1. The van der Waals surface area contributed by atoms with E-state index in [1.54, 1.807) is 0 Å². The van der Waals surface area contributed by atoms with Crippen LogP contribution in [0.5, 0.6) is 0 Å². The maximum atomic E-state index is 10.9. The SMILES string of the molecule is C[C@H](CCCNN1CCOCC1)[C@H]1CC[C@@]2(C)C3=C(CC[C@]12C)[C@@]1(C)CC[C@H](O)C(C)(C)[C@@H]1CC3. The number of allylic oxidation sites excluding steroid dienone is 2. The van der Waals surface area contributed by atoms with E-state index >= 15 is 0 Å². The van der Waals surface area contributed by atoms with Crippen molar-refractivity contribution in [3.05, 3.63) is 11.1 Å². The smallest absolute Gasteiger partial charge is 0.0608 e. The molecule has 0 amide bonds. The van der Waals surface area contributed by atoms with Crippen LogP contribution >= 0.6 is 0 Å². The minimum absolute atomic E-state index is 0.0369. The molecule has 2 N–H and O–H groups in total. The molecule has 3 fully saturated rings. The lowest BCUT2D eigenvalue weighted by atomic mass is 9.43. The molecule has 7 atom stereocenters. The van der Waals surface area contributed by atoms with E-state index in [0.717, 1.165) is 51.1 Å². The van der Waals surface area contributed by atoms with E-state index in [0.29, 0.717) is 22.2 Å². The first-order valence-electron chi connectivity index (χ1n) is 15.0. The third kappa shape index (κ3) is 4.08. The zero-order chi connectivity index (χ0) is 25.1. The first kappa shape index (κ1) is 26.2. The van der Waals surface area contributed by atoms with Gasteiger partial charge in [-0.25, -0.2) is 5.01 Å². The lowest BCUT2D eigenvalue weighted by Crippen LogP contribution is -2.55. The van der Waals surface area contributed by atoms with Crippen LogP contribution in [0.15, 0.2) is 11.1 Å². The Hall–Kier alpha value is -0.420. The molecular weight excluding hydrogens is 432 g/mol. The Bertz CT molecular complexity index is 817. The highest BCUT2D eigenvalue weighted by atomic mass is 16.5. The number of nitrogens with one attached hydrogen (secondary N) is 1. The van der Waals surface area contributed by atoms with Gasteiger partial charge in [-0.1, -0.05) is 52.7 Å². The van der Waals surface area contributed by atoms with Gasteiger partial charge in [0.2, 0.25) is 0 Å². The summed E-state index contributed by atoms with van der Waals surface area (Å²) in [6.07, 6.45) is 12.7. The van der Waals surface area contributed by atoms with Gasteiger partial charge >= 0.3 is 0 Å². The van der Waals surface area contributed by atoms with Crippen LogP contribution < -0.4 is 5.43 Å². The summed E-state index contributed by atoms with van der Waals surface area (Å²) in [4.78, 5) is 0. The summed E-state index contributed by atoms with van der Waals surface area (Å²) in [5.41, 5.74) is 8.52. The second-order valence-corrected chi connectivity index (χ2v) is 14.4. The van der Waals surface area contributed by atoms with Crippen molar-refractivity contribution in [2.24, 2.45) is 39.4 Å². The summed E-state index contributed by atoms with van der Waals surface area (Å²) in [7, 11) is 0. The molecule has 200 valence electrons. The molecule has 0 radical (unpaired) electrons. The quantitative estimate of drug-likeness (QED) is 0.339. The number of aliphatic hydroxyl groups excluding tert-OH is 1. The van der Waals surface area contributed by atoms with E-state index < -0.39 is 0 Å². The van der Waals surface area contributed by atoms with Gasteiger partial charge in [0, 0.05) is 19.6 Å². The van der Waals surface area contributed by atoms with Crippen molar-refractivity contribution in [2.45, 2.75) is 112 Å². The van der Waals surface area contributed by atoms with Gasteiger partial charge in [0.05, 0.1) is 19.3 Å². The molecule has 5 aliphatic rings. The Kier molecular flexibility index (Phi) is 7.04. The molecule has 0 aromatic heterocycles. The molecule has 0 aromatic carbocycles. The second kappa shape index (κ2) is 9.40. The largest absolute Gasteiger partial charge is 0.393 e. The molecule has 35 heavy (non-hydrogen) atoms. The van der Waals surface area contributed by atoms with Crippen molar-refractivity contribution in [2.75, 3.05) is 32.8 Å². The van der Waals surface area contributed by atoms with Crippen LogP contribution in [-0.2, 0) is 4.74 Å². The third-order valence-electron chi connectivity index (χ3n) is 12.7. The topological polar surface area (TPSA) is 44.7 Å². The van der Waals surface area contributed by atoms with Gasteiger partial charge in [-0.05, 0) is 104 Å². The minimum Gasteiger partial charge on any atom is -0.393 e. The fraction of sp³-hybridized carbons (Fsp3) is 0.935. The fourth-order valence-electron chi connectivity index (χ4n) is 10.2. The predicted octanol–water partition coefficient (Wildman–Crippen LogP) is 6.35. The van der Waals surface area contributed by atoms with Crippen LogP contribution in [0.2, 0.25) is 0 Å². The number of rotatable bonds is 6. The molecule has 5 rings (SSSR count). The maximum absolute atomic E-state index is 10.9. The molecule has 0 unspecified atom stereocenters. The van der Waals surface area contributed by atoms with Gasteiger partial charge in [-0.3, -0.25) is 5.43 Å².